The van der Waals surface area contributed by atoms with E-state index >= 15 is 0 Å². The highest BCUT2D eigenvalue weighted by molar-refractivity contribution is 6.42. The van der Waals surface area contributed by atoms with Crippen LogP contribution in [0.4, 0.5) is 0 Å². The fourth-order valence-electron chi connectivity index (χ4n) is 1.87. The van der Waals surface area contributed by atoms with E-state index in [9.17, 15) is 5.26 Å². The lowest BCUT2D eigenvalue weighted by Gasteiger charge is -2.05. The summed E-state index contributed by atoms with van der Waals surface area (Å²) in [4.78, 5) is 0. The van der Waals surface area contributed by atoms with Crippen LogP contribution in [0.1, 0.15) is 18.1 Å². The molecule has 0 fully saturated rings. The highest BCUT2D eigenvalue weighted by Crippen LogP contribution is 2.27. The van der Waals surface area contributed by atoms with Crippen LogP contribution in [0.25, 0.3) is 11.6 Å². The fraction of sp³-hybridized carbons (Fsp3) is 0.118. The molecule has 0 N–H and O–H groups in total. The molecule has 2 aromatic carbocycles. The highest BCUT2D eigenvalue weighted by Gasteiger charge is 2.05. The van der Waals surface area contributed by atoms with Crippen LogP contribution in [0.2, 0.25) is 10.0 Å². The van der Waals surface area contributed by atoms with Crippen LogP contribution in [0.5, 0.6) is 5.75 Å². The zero-order valence-corrected chi connectivity index (χ0v) is 12.9. The monoisotopic (exact) mass is 317 g/mol. The quantitative estimate of drug-likeness (QED) is 0.554. The van der Waals surface area contributed by atoms with Crippen LogP contribution in [0.15, 0.2) is 42.5 Å². The summed E-state index contributed by atoms with van der Waals surface area (Å²) in [6.45, 7) is 2.53. The molecule has 0 amide bonds. The van der Waals surface area contributed by atoms with Crippen molar-refractivity contribution in [2.75, 3.05) is 6.61 Å². The molecule has 0 aliphatic heterocycles. The van der Waals surface area contributed by atoms with Crippen molar-refractivity contribution in [1.82, 2.24) is 0 Å². The molecule has 2 nitrogen and oxygen atoms in total. The van der Waals surface area contributed by atoms with E-state index in [-0.39, 0.29) is 0 Å². The van der Waals surface area contributed by atoms with Gasteiger partial charge in [0.15, 0.2) is 0 Å². The van der Waals surface area contributed by atoms with Gasteiger partial charge < -0.3 is 4.74 Å². The lowest BCUT2D eigenvalue weighted by atomic mass is 10.0. The van der Waals surface area contributed by atoms with Gasteiger partial charge in [-0.15, -0.1) is 0 Å². The van der Waals surface area contributed by atoms with Gasteiger partial charge in [0, 0.05) is 0 Å². The standard InChI is InChI=1S/C17H13Cl2NO/c1-2-21-15-5-3-4-12(9-15)8-14(11-20)13-6-7-16(18)17(19)10-13/h3-10H,2H2,1H3/b14-8-. The zero-order chi connectivity index (χ0) is 15.2. The summed E-state index contributed by atoms with van der Waals surface area (Å²) in [6.07, 6.45) is 1.79. The first-order chi connectivity index (χ1) is 10.1. The molecule has 0 heterocycles. The predicted molar refractivity (Wildman–Crippen MR) is 87.6 cm³/mol. The van der Waals surface area contributed by atoms with E-state index < -0.39 is 0 Å². The van der Waals surface area contributed by atoms with Crippen molar-refractivity contribution in [3.8, 4) is 11.8 Å². The molecule has 0 bridgehead atoms. The number of halogens is 2. The van der Waals surface area contributed by atoms with Gasteiger partial charge >= 0.3 is 0 Å². The highest BCUT2D eigenvalue weighted by atomic mass is 35.5. The van der Waals surface area contributed by atoms with Crippen LogP contribution in [0.3, 0.4) is 0 Å². The molecule has 0 unspecified atom stereocenters. The molecule has 2 aromatic rings. The Kier molecular flexibility index (Phi) is 5.27. The van der Waals surface area contributed by atoms with Crippen LogP contribution in [-0.4, -0.2) is 6.61 Å². The first kappa shape index (κ1) is 15.4. The van der Waals surface area contributed by atoms with Crippen molar-refractivity contribution >= 4 is 34.9 Å². The van der Waals surface area contributed by atoms with Gasteiger partial charge in [-0.3, -0.25) is 0 Å². The Hall–Kier alpha value is -1.95. The Morgan fingerprint density at radius 2 is 2.00 bits per heavy atom. The maximum absolute atomic E-state index is 9.35. The fourth-order valence-corrected chi connectivity index (χ4v) is 2.17. The normalized spacial score (nSPS) is 11.0. The molecule has 0 radical (unpaired) electrons. The summed E-state index contributed by atoms with van der Waals surface area (Å²) in [7, 11) is 0. The lowest BCUT2D eigenvalue weighted by molar-refractivity contribution is 0.340. The van der Waals surface area contributed by atoms with Gasteiger partial charge in [-0.2, -0.15) is 5.26 Å². The van der Waals surface area contributed by atoms with Crippen molar-refractivity contribution in [1.29, 1.82) is 5.26 Å². The first-order valence-corrected chi connectivity index (χ1v) is 7.19. The molecule has 106 valence electrons. The van der Waals surface area contributed by atoms with Crippen LogP contribution in [-0.2, 0) is 0 Å². The molecular formula is C17H13Cl2NO. The minimum Gasteiger partial charge on any atom is -0.494 e. The molecule has 21 heavy (non-hydrogen) atoms. The Morgan fingerprint density at radius 1 is 1.19 bits per heavy atom. The number of hydrogen-bond donors (Lipinski definition) is 0. The molecule has 0 aliphatic carbocycles. The van der Waals surface area contributed by atoms with Crippen molar-refractivity contribution < 1.29 is 4.74 Å². The van der Waals surface area contributed by atoms with E-state index in [0.717, 1.165) is 16.9 Å². The third-order valence-electron chi connectivity index (χ3n) is 2.83. The van der Waals surface area contributed by atoms with E-state index in [1.807, 2.05) is 31.2 Å². The van der Waals surface area contributed by atoms with Crippen LogP contribution < -0.4 is 4.74 Å². The topological polar surface area (TPSA) is 33.0 Å². The molecule has 0 aliphatic rings. The molecule has 0 spiro atoms. The summed E-state index contributed by atoms with van der Waals surface area (Å²) < 4.78 is 5.45. The van der Waals surface area contributed by atoms with Gasteiger partial charge in [-0.05, 0) is 48.4 Å². The van der Waals surface area contributed by atoms with Crippen LogP contribution >= 0.6 is 23.2 Å². The second-order valence-corrected chi connectivity index (χ2v) is 5.12. The van der Waals surface area contributed by atoms with Crippen molar-refractivity contribution in [3.05, 3.63) is 63.6 Å². The maximum atomic E-state index is 9.35. The van der Waals surface area contributed by atoms with Crippen molar-refractivity contribution in [2.24, 2.45) is 0 Å². The number of rotatable bonds is 4. The van der Waals surface area contributed by atoms with E-state index in [1.165, 1.54) is 0 Å². The van der Waals surface area contributed by atoms with E-state index in [2.05, 4.69) is 6.07 Å². The summed E-state index contributed by atoms with van der Waals surface area (Å²) in [5, 5.41) is 10.2. The third kappa shape index (κ3) is 4.01. The van der Waals surface area contributed by atoms with E-state index in [0.29, 0.717) is 22.2 Å². The number of allylic oxidation sites excluding steroid dienone is 1. The van der Waals surface area contributed by atoms with Gasteiger partial charge in [0.05, 0.1) is 28.3 Å². The third-order valence-corrected chi connectivity index (χ3v) is 3.57. The van der Waals surface area contributed by atoms with E-state index in [1.54, 1.807) is 24.3 Å². The van der Waals surface area contributed by atoms with Gasteiger partial charge in [0.2, 0.25) is 0 Å². The second kappa shape index (κ2) is 7.17. The Morgan fingerprint density at radius 3 is 2.67 bits per heavy atom. The number of ether oxygens (including phenoxy) is 1. The Labute approximate surface area is 134 Å². The average molecular weight is 318 g/mol. The smallest absolute Gasteiger partial charge is 0.119 e. The Bertz CT molecular complexity index is 717. The predicted octanol–water partition coefficient (Wildman–Crippen LogP) is 5.46. The summed E-state index contributed by atoms with van der Waals surface area (Å²) >= 11 is 11.9. The second-order valence-electron chi connectivity index (χ2n) is 4.30. The SMILES string of the molecule is CCOc1cccc(/C=C(/C#N)c2ccc(Cl)c(Cl)c2)c1. The summed E-state index contributed by atoms with van der Waals surface area (Å²) in [5.74, 6) is 0.776. The van der Waals surface area contributed by atoms with Gasteiger partial charge in [-0.1, -0.05) is 41.4 Å². The summed E-state index contributed by atoms with van der Waals surface area (Å²) in [5.41, 5.74) is 2.14. The molecule has 0 aromatic heterocycles. The zero-order valence-electron chi connectivity index (χ0n) is 11.4. The van der Waals surface area contributed by atoms with Gasteiger partial charge in [0.25, 0.3) is 0 Å². The van der Waals surface area contributed by atoms with E-state index in [4.69, 9.17) is 27.9 Å². The first-order valence-electron chi connectivity index (χ1n) is 6.44. The number of nitrogens with zero attached hydrogens (tertiary/aromatic N) is 1. The number of benzene rings is 2. The largest absolute Gasteiger partial charge is 0.494 e. The minimum atomic E-state index is 0.429. The number of nitriles is 1. The minimum absolute atomic E-state index is 0.429. The molecule has 2 rings (SSSR count). The molecule has 0 atom stereocenters. The molecule has 0 saturated heterocycles. The number of hydrogen-bond acceptors (Lipinski definition) is 2. The van der Waals surface area contributed by atoms with Gasteiger partial charge in [0.1, 0.15) is 5.75 Å². The molecule has 4 heteroatoms. The van der Waals surface area contributed by atoms with Crippen molar-refractivity contribution in [2.45, 2.75) is 6.92 Å². The lowest BCUT2D eigenvalue weighted by Crippen LogP contribution is -1.91. The molecular weight excluding hydrogens is 305 g/mol. The average Bonchev–Trinajstić information content (AvgIpc) is 2.48. The van der Waals surface area contributed by atoms with Gasteiger partial charge in [-0.25, -0.2) is 0 Å². The Balaban J connectivity index is 2.38. The van der Waals surface area contributed by atoms with Crippen molar-refractivity contribution in [3.63, 3.8) is 0 Å². The van der Waals surface area contributed by atoms with Crippen LogP contribution in [0, 0.1) is 11.3 Å². The molecule has 0 saturated carbocycles. The summed E-state index contributed by atoms with van der Waals surface area (Å²) in [6, 6.07) is 14.9. The maximum Gasteiger partial charge on any atom is 0.119 e.